The molecule has 4 nitrogen and oxygen atoms in total. The van der Waals surface area contributed by atoms with E-state index in [-0.39, 0.29) is 5.69 Å². The van der Waals surface area contributed by atoms with E-state index in [4.69, 9.17) is 0 Å². The van der Waals surface area contributed by atoms with Crippen molar-refractivity contribution in [2.24, 2.45) is 4.99 Å². The van der Waals surface area contributed by atoms with Crippen molar-refractivity contribution < 1.29 is 9.53 Å². The van der Waals surface area contributed by atoms with E-state index < -0.39 is 5.97 Å². The van der Waals surface area contributed by atoms with E-state index >= 15 is 0 Å². The van der Waals surface area contributed by atoms with Crippen LogP contribution in [-0.4, -0.2) is 24.3 Å². The van der Waals surface area contributed by atoms with Crippen LogP contribution in [0.5, 0.6) is 0 Å². The van der Waals surface area contributed by atoms with Crippen LogP contribution < -0.4 is 0 Å². The Morgan fingerprint density at radius 2 is 2.00 bits per heavy atom. The summed E-state index contributed by atoms with van der Waals surface area (Å²) in [7, 11) is 1.33. The maximum absolute atomic E-state index is 11.3. The number of aliphatic imine (C=N–C) groups is 1. The Balaban J connectivity index is 2.05. The highest BCUT2D eigenvalue weighted by molar-refractivity contribution is 5.88. The fourth-order valence-electron chi connectivity index (χ4n) is 1.57. The SMILES string of the molecule is COC(=O)c1cccc(C=NCc2ccccc2)n1. The fraction of sp³-hybridized carbons (Fsp3) is 0.133. The van der Waals surface area contributed by atoms with Gasteiger partial charge < -0.3 is 4.74 Å². The molecule has 0 aliphatic carbocycles. The number of carbonyl (C=O) groups excluding carboxylic acids is 1. The molecule has 19 heavy (non-hydrogen) atoms. The molecule has 0 spiro atoms. The van der Waals surface area contributed by atoms with Crippen molar-refractivity contribution in [2.75, 3.05) is 7.11 Å². The van der Waals surface area contributed by atoms with Crippen LogP contribution >= 0.6 is 0 Å². The highest BCUT2D eigenvalue weighted by Crippen LogP contribution is 2.02. The fourth-order valence-corrected chi connectivity index (χ4v) is 1.57. The molecule has 2 rings (SSSR count). The summed E-state index contributed by atoms with van der Waals surface area (Å²) in [6.07, 6.45) is 1.65. The van der Waals surface area contributed by atoms with E-state index in [0.29, 0.717) is 12.2 Å². The lowest BCUT2D eigenvalue weighted by atomic mass is 10.2. The quantitative estimate of drug-likeness (QED) is 0.622. The maximum atomic E-state index is 11.3. The summed E-state index contributed by atoms with van der Waals surface area (Å²) in [5.41, 5.74) is 2.05. The number of pyridine rings is 1. The van der Waals surface area contributed by atoms with Crippen molar-refractivity contribution in [2.45, 2.75) is 6.54 Å². The average molecular weight is 254 g/mol. The summed E-state index contributed by atoms with van der Waals surface area (Å²) in [5, 5.41) is 0. The van der Waals surface area contributed by atoms with Crippen LogP contribution in [-0.2, 0) is 11.3 Å². The second kappa shape index (κ2) is 6.44. The highest BCUT2D eigenvalue weighted by Gasteiger charge is 2.06. The van der Waals surface area contributed by atoms with Crippen molar-refractivity contribution in [3.05, 3.63) is 65.5 Å². The van der Waals surface area contributed by atoms with Crippen LogP contribution in [0.3, 0.4) is 0 Å². The van der Waals surface area contributed by atoms with E-state index in [1.54, 1.807) is 24.4 Å². The van der Waals surface area contributed by atoms with Crippen molar-refractivity contribution in [1.82, 2.24) is 4.98 Å². The first-order valence-corrected chi connectivity index (χ1v) is 5.89. The molecule has 2 aromatic rings. The molecule has 0 aliphatic rings. The zero-order valence-electron chi connectivity index (χ0n) is 10.6. The smallest absolute Gasteiger partial charge is 0.356 e. The Morgan fingerprint density at radius 1 is 1.21 bits per heavy atom. The second-order valence-electron chi connectivity index (χ2n) is 3.89. The molecule has 0 amide bonds. The topological polar surface area (TPSA) is 51.5 Å². The molecule has 96 valence electrons. The molecule has 0 aliphatic heterocycles. The molecule has 1 heterocycles. The van der Waals surface area contributed by atoms with Gasteiger partial charge in [0, 0.05) is 6.21 Å². The molecule has 4 heteroatoms. The van der Waals surface area contributed by atoms with Crippen LogP contribution in [0.1, 0.15) is 21.7 Å². The Morgan fingerprint density at radius 3 is 2.74 bits per heavy atom. The Labute approximate surface area is 111 Å². The molecule has 0 bridgehead atoms. The van der Waals surface area contributed by atoms with Crippen LogP contribution in [0.15, 0.2) is 53.5 Å². The van der Waals surface area contributed by atoms with Gasteiger partial charge in [-0.3, -0.25) is 4.99 Å². The molecule has 0 atom stereocenters. The zero-order chi connectivity index (χ0) is 13.5. The average Bonchev–Trinajstić information content (AvgIpc) is 2.48. The molecule has 0 fully saturated rings. The molecular formula is C15H14N2O2. The molecule has 0 N–H and O–H groups in total. The second-order valence-corrected chi connectivity index (χ2v) is 3.89. The first-order valence-electron chi connectivity index (χ1n) is 5.89. The summed E-state index contributed by atoms with van der Waals surface area (Å²) < 4.78 is 4.62. The van der Waals surface area contributed by atoms with E-state index in [0.717, 1.165) is 5.56 Å². The predicted octanol–water partition coefficient (Wildman–Crippen LogP) is 2.49. The van der Waals surface area contributed by atoms with Gasteiger partial charge in [0.05, 0.1) is 19.3 Å². The summed E-state index contributed by atoms with van der Waals surface area (Å²) in [5.74, 6) is -0.446. The third kappa shape index (κ3) is 3.74. The van der Waals surface area contributed by atoms with Gasteiger partial charge in [-0.05, 0) is 17.7 Å². The Hall–Kier alpha value is -2.49. The molecule has 1 aromatic carbocycles. The van der Waals surface area contributed by atoms with Crippen molar-refractivity contribution in [3.63, 3.8) is 0 Å². The molecule has 0 saturated carbocycles. The summed E-state index contributed by atoms with van der Waals surface area (Å²) in [6.45, 7) is 0.588. The number of hydrogen-bond donors (Lipinski definition) is 0. The molecular weight excluding hydrogens is 240 g/mol. The predicted molar refractivity (Wildman–Crippen MR) is 73.3 cm³/mol. The normalized spacial score (nSPS) is 10.6. The molecule has 1 aromatic heterocycles. The lowest BCUT2D eigenvalue weighted by molar-refractivity contribution is 0.0594. The lowest BCUT2D eigenvalue weighted by Crippen LogP contribution is -2.05. The number of methoxy groups -OCH3 is 1. The number of carbonyl (C=O) groups is 1. The number of nitrogens with zero attached hydrogens (tertiary/aromatic N) is 2. The number of esters is 1. The van der Waals surface area contributed by atoms with Gasteiger partial charge in [0.2, 0.25) is 0 Å². The first-order chi connectivity index (χ1) is 9.29. The first kappa shape index (κ1) is 13.0. The van der Waals surface area contributed by atoms with Gasteiger partial charge in [-0.15, -0.1) is 0 Å². The lowest BCUT2D eigenvalue weighted by Gasteiger charge is -1.99. The van der Waals surface area contributed by atoms with Crippen LogP contribution in [0.2, 0.25) is 0 Å². The van der Waals surface area contributed by atoms with E-state index in [1.165, 1.54) is 7.11 Å². The van der Waals surface area contributed by atoms with Crippen molar-refractivity contribution in [1.29, 1.82) is 0 Å². The number of aromatic nitrogens is 1. The molecule has 0 radical (unpaired) electrons. The minimum atomic E-state index is -0.446. The largest absolute Gasteiger partial charge is 0.464 e. The van der Waals surface area contributed by atoms with Crippen LogP contribution in [0.25, 0.3) is 0 Å². The van der Waals surface area contributed by atoms with Gasteiger partial charge in [0.1, 0.15) is 5.69 Å². The van der Waals surface area contributed by atoms with Gasteiger partial charge in [-0.25, -0.2) is 9.78 Å². The maximum Gasteiger partial charge on any atom is 0.356 e. The zero-order valence-corrected chi connectivity index (χ0v) is 10.6. The Bertz CT molecular complexity index is 580. The van der Waals surface area contributed by atoms with Crippen molar-refractivity contribution >= 4 is 12.2 Å². The van der Waals surface area contributed by atoms with Crippen LogP contribution in [0, 0.1) is 0 Å². The third-order valence-corrected chi connectivity index (χ3v) is 2.51. The molecule has 0 saturated heterocycles. The Kier molecular flexibility index (Phi) is 4.39. The minimum absolute atomic E-state index is 0.283. The minimum Gasteiger partial charge on any atom is -0.464 e. The van der Waals surface area contributed by atoms with Crippen molar-refractivity contribution in [3.8, 4) is 0 Å². The van der Waals surface area contributed by atoms with Gasteiger partial charge in [0.15, 0.2) is 0 Å². The monoisotopic (exact) mass is 254 g/mol. The summed E-state index contributed by atoms with van der Waals surface area (Å²) in [4.78, 5) is 19.8. The standard InChI is InChI=1S/C15H14N2O2/c1-19-15(18)14-9-5-8-13(17-14)11-16-10-12-6-3-2-4-7-12/h2-9,11H,10H2,1H3. The van der Waals surface area contributed by atoms with E-state index in [9.17, 15) is 4.79 Å². The number of ether oxygens (including phenoxy) is 1. The summed E-state index contributed by atoms with van der Waals surface area (Å²) in [6, 6.07) is 15.1. The van der Waals surface area contributed by atoms with Crippen LogP contribution in [0.4, 0.5) is 0 Å². The van der Waals surface area contributed by atoms with E-state index in [1.807, 2.05) is 30.3 Å². The highest BCUT2D eigenvalue weighted by atomic mass is 16.5. The van der Waals surface area contributed by atoms with Gasteiger partial charge >= 0.3 is 5.97 Å². The summed E-state index contributed by atoms with van der Waals surface area (Å²) >= 11 is 0. The molecule has 0 unspecified atom stereocenters. The number of benzene rings is 1. The third-order valence-electron chi connectivity index (χ3n) is 2.51. The van der Waals surface area contributed by atoms with E-state index in [2.05, 4.69) is 14.7 Å². The van der Waals surface area contributed by atoms with Gasteiger partial charge in [-0.1, -0.05) is 36.4 Å². The van der Waals surface area contributed by atoms with Gasteiger partial charge in [0.25, 0.3) is 0 Å². The number of hydrogen-bond acceptors (Lipinski definition) is 4. The van der Waals surface area contributed by atoms with Gasteiger partial charge in [-0.2, -0.15) is 0 Å². The number of rotatable bonds is 4.